The van der Waals surface area contributed by atoms with Crippen molar-refractivity contribution >= 4 is 34.1 Å². The van der Waals surface area contributed by atoms with Crippen LogP contribution in [-0.2, 0) is 19.2 Å². The highest BCUT2D eigenvalue weighted by atomic mass is 19.2. The first kappa shape index (κ1) is 29.3. The van der Waals surface area contributed by atoms with Gasteiger partial charge in [0.25, 0.3) is 5.91 Å². The Balaban J connectivity index is 1.41. The number of carbonyl (C=O) groups excluding carboxylic acids is 2. The van der Waals surface area contributed by atoms with Crippen molar-refractivity contribution < 1.29 is 51.4 Å². The van der Waals surface area contributed by atoms with E-state index in [1.54, 1.807) is 13.0 Å². The van der Waals surface area contributed by atoms with Gasteiger partial charge in [0.15, 0.2) is 23.2 Å². The standard InChI is InChI=1S/C28H24F4N2O7/c1-2-28(12-16(34-41-28)13-39-22-9-5-7-15-6-3-4-8-17(15)22)27(38)33-20(11-23(36)37)21(35)14-40-26-24(31)18(29)10-19(30)25(26)32/h3-10,20H,2,11-14H2,1H3,(H,33,38)(H,36,37)/t20-,28?/m0/s1. The molecule has 0 aliphatic carbocycles. The van der Waals surface area contributed by atoms with Crippen molar-refractivity contribution in [2.45, 2.75) is 37.8 Å². The summed E-state index contributed by atoms with van der Waals surface area (Å²) >= 11 is 0. The lowest BCUT2D eigenvalue weighted by Crippen LogP contribution is -2.53. The summed E-state index contributed by atoms with van der Waals surface area (Å²) in [5.74, 6) is -11.7. The van der Waals surface area contributed by atoms with Crippen molar-refractivity contribution in [3.8, 4) is 11.5 Å². The maximum atomic E-state index is 13.9. The topological polar surface area (TPSA) is 124 Å². The maximum absolute atomic E-state index is 13.9. The SMILES string of the molecule is CCC1(C(=O)N[C@@H](CC(=O)O)C(=O)COc2c(F)c(F)cc(F)c2F)CC(COc2cccc3ccccc23)=NO1. The minimum atomic E-state index is -1.88. The number of carboxylic acids is 1. The second-order valence-corrected chi connectivity index (χ2v) is 9.22. The zero-order chi connectivity index (χ0) is 29.7. The van der Waals surface area contributed by atoms with E-state index < -0.39 is 71.3 Å². The van der Waals surface area contributed by atoms with Crippen LogP contribution in [0, 0.1) is 23.3 Å². The van der Waals surface area contributed by atoms with Crippen LogP contribution >= 0.6 is 0 Å². The number of Topliss-reactive ketones (excluding diaryl/α,β-unsaturated/α-hetero) is 1. The summed E-state index contributed by atoms with van der Waals surface area (Å²) in [4.78, 5) is 42.7. The smallest absolute Gasteiger partial charge is 0.305 e. The van der Waals surface area contributed by atoms with Gasteiger partial charge >= 0.3 is 5.97 Å². The fraction of sp³-hybridized carbons (Fsp3) is 0.286. The number of ketones is 1. The maximum Gasteiger partial charge on any atom is 0.305 e. The van der Waals surface area contributed by atoms with Gasteiger partial charge in [0.05, 0.1) is 12.1 Å². The highest BCUT2D eigenvalue weighted by Gasteiger charge is 2.46. The number of carboxylic acid groups (broad SMARTS) is 1. The van der Waals surface area contributed by atoms with Gasteiger partial charge in [0, 0.05) is 17.9 Å². The van der Waals surface area contributed by atoms with Gasteiger partial charge in [-0.25, -0.2) is 8.78 Å². The van der Waals surface area contributed by atoms with Crippen molar-refractivity contribution in [3.63, 3.8) is 0 Å². The predicted octanol–water partition coefficient (Wildman–Crippen LogP) is 4.31. The molecule has 3 aromatic rings. The molecular formula is C28H24F4N2O7. The van der Waals surface area contributed by atoms with Gasteiger partial charge in [-0.15, -0.1) is 0 Å². The zero-order valence-corrected chi connectivity index (χ0v) is 21.6. The first-order valence-corrected chi connectivity index (χ1v) is 12.4. The Morgan fingerprint density at radius 1 is 1.05 bits per heavy atom. The van der Waals surface area contributed by atoms with E-state index in [1.807, 2.05) is 36.4 Å². The Morgan fingerprint density at radius 3 is 2.41 bits per heavy atom. The summed E-state index contributed by atoms with van der Waals surface area (Å²) in [6, 6.07) is 11.3. The van der Waals surface area contributed by atoms with E-state index in [4.69, 9.17) is 9.57 Å². The summed E-state index contributed by atoms with van der Waals surface area (Å²) in [5, 5.41) is 17.3. The zero-order valence-electron chi connectivity index (χ0n) is 21.6. The number of hydrogen-bond acceptors (Lipinski definition) is 7. The van der Waals surface area contributed by atoms with Crippen LogP contribution < -0.4 is 14.8 Å². The van der Waals surface area contributed by atoms with Crippen LogP contribution in [0.2, 0.25) is 0 Å². The Labute approximate surface area is 230 Å². The van der Waals surface area contributed by atoms with Gasteiger partial charge in [-0.2, -0.15) is 8.78 Å². The molecule has 13 heteroatoms. The van der Waals surface area contributed by atoms with E-state index in [0.717, 1.165) is 10.8 Å². The molecule has 0 radical (unpaired) electrons. The summed E-state index contributed by atoms with van der Waals surface area (Å²) < 4.78 is 65.2. The number of hydrogen-bond donors (Lipinski definition) is 2. The van der Waals surface area contributed by atoms with E-state index in [9.17, 15) is 37.1 Å². The Hall–Kier alpha value is -4.68. The minimum absolute atomic E-state index is 0.0182. The third-order valence-corrected chi connectivity index (χ3v) is 6.47. The van der Waals surface area contributed by atoms with Crippen molar-refractivity contribution in [1.29, 1.82) is 0 Å². The highest BCUT2D eigenvalue weighted by Crippen LogP contribution is 2.30. The average Bonchev–Trinajstić information content (AvgIpc) is 3.39. The summed E-state index contributed by atoms with van der Waals surface area (Å²) in [6.45, 7) is 0.399. The summed E-state index contributed by atoms with van der Waals surface area (Å²) in [5.41, 5.74) is -1.22. The molecule has 0 aromatic heterocycles. The number of carbonyl (C=O) groups is 3. The number of nitrogens with zero attached hydrogens (tertiary/aromatic N) is 1. The number of rotatable bonds is 12. The number of amides is 1. The Kier molecular flexibility index (Phi) is 8.74. The molecule has 4 rings (SSSR count). The third kappa shape index (κ3) is 6.39. The molecule has 2 atom stereocenters. The highest BCUT2D eigenvalue weighted by molar-refractivity contribution is 5.99. The van der Waals surface area contributed by atoms with E-state index in [0.29, 0.717) is 11.5 Å². The van der Waals surface area contributed by atoms with Crippen LogP contribution in [0.15, 0.2) is 53.7 Å². The molecule has 216 valence electrons. The van der Waals surface area contributed by atoms with E-state index >= 15 is 0 Å². The first-order valence-electron chi connectivity index (χ1n) is 12.4. The first-order chi connectivity index (χ1) is 19.5. The number of benzene rings is 3. The number of ether oxygens (including phenoxy) is 2. The van der Waals surface area contributed by atoms with Gasteiger partial charge in [0.2, 0.25) is 17.2 Å². The Bertz CT molecular complexity index is 1500. The Morgan fingerprint density at radius 2 is 1.73 bits per heavy atom. The number of nitrogens with one attached hydrogen (secondary N) is 1. The van der Waals surface area contributed by atoms with Crippen LogP contribution in [0.1, 0.15) is 26.2 Å². The molecule has 1 heterocycles. The molecule has 1 aliphatic heterocycles. The van der Waals surface area contributed by atoms with Gasteiger partial charge in [-0.1, -0.05) is 48.5 Å². The molecule has 3 aromatic carbocycles. The van der Waals surface area contributed by atoms with Crippen LogP contribution in [0.4, 0.5) is 17.6 Å². The minimum Gasteiger partial charge on any atom is -0.487 e. The lowest BCUT2D eigenvalue weighted by molar-refractivity contribution is -0.148. The second-order valence-electron chi connectivity index (χ2n) is 9.22. The molecule has 2 N–H and O–H groups in total. The van der Waals surface area contributed by atoms with Gasteiger partial charge in [-0.3, -0.25) is 14.4 Å². The summed E-state index contributed by atoms with van der Waals surface area (Å²) in [7, 11) is 0. The van der Waals surface area contributed by atoms with Gasteiger partial charge in [-0.05, 0) is 17.9 Å². The van der Waals surface area contributed by atoms with Crippen molar-refractivity contribution in [3.05, 3.63) is 71.8 Å². The fourth-order valence-corrected chi connectivity index (χ4v) is 4.21. The van der Waals surface area contributed by atoms with Crippen molar-refractivity contribution in [2.75, 3.05) is 13.2 Å². The van der Waals surface area contributed by atoms with E-state index in [2.05, 4.69) is 15.2 Å². The normalized spacial score (nSPS) is 17.0. The van der Waals surface area contributed by atoms with E-state index in [1.165, 1.54) is 0 Å². The quantitative estimate of drug-likeness (QED) is 0.243. The molecule has 9 nitrogen and oxygen atoms in total. The molecular weight excluding hydrogens is 552 g/mol. The third-order valence-electron chi connectivity index (χ3n) is 6.47. The monoisotopic (exact) mass is 576 g/mol. The van der Waals surface area contributed by atoms with Gasteiger partial charge < -0.3 is 24.7 Å². The molecule has 1 amide bonds. The van der Waals surface area contributed by atoms with Crippen LogP contribution in [-0.4, -0.2) is 53.3 Å². The van der Waals surface area contributed by atoms with Gasteiger partial charge in [0.1, 0.15) is 25.0 Å². The number of aliphatic carboxylic acids is 1. The fourth-order valence-electron chi connectivity index (χ4n) is 4.21. The van der Waals surface area contributed by atoms with Crippen LogP contribution in [0.25, 0.3) is 10.8 Å². The lowest BCUT2D eigenvalue weighted by atomic mass is 9.92. The predicted molar refractivity (Wildman–Crippen MR) is 137 cm³/mol. The second kappa shape index (κ2) is 12.2. The van der Waals surface area contributed by atoms with Crippen molar-refractivity contribution in [1.82, 2.24) is 5.32 Å². The largest absolute Gasteiger partial charge is 0.487 e. The summed E-state index contributed by atoms with van der Waals surface area (Å²) in [6.07, 6.45) is -0.888. The van der Waals surface area contributed by atoms with Crippen LogP contribution in [0.3, 0.4) is 0 Å². The average molecular weight is 576 g/mol. The molecule has 0 saturated carbocycles. The molecule has 41 heavy (non-hydrogen) atoms. The van der Waals surface area contributed by atoms with Crippen molar-refractivity contribution in [2.24, 2.45) is 5.16 Å². The van der Waals surface area contributed by atoms with E-state index in [-0.39, 0.29) is 25.5 Å². The molecule has 0 bridgehead atoms. The number of oxime groups is 1. The molecule has 0 spiro atoms. The molecule has 1 aliphatic rings. The van der Waals surface area contributed by atoms with Crippen LogP contribution in [0.5, 0.6) is 11.5 Å². The molecule has 0 saturated heterocycles. The number of fused-ring (bicyclic) bond motifs is 1. The lowest BCUT2D eigenvalue weighted by Gasteiger charge is -2.26. The molecule has 1 unspecified atom stereocenters. The number of halogens is 4. The molecule has 0 fully saturated rings.